The quantitative estimate of drug-likeness (QED) is 0.384. The number of thioether (sulfide) groups is 1. The van der Waals surface area contributed by atoms with Crippen molar-refractivity contribution in [2.75, 3.05) is 17.7 Å². The molecule has 10 heteroatoms. The van der Waals surface area contributed by atoms with E-state index < -0.39 is 6.23 Å². The molecule has 0 saturated heterocycles. The van der Waals surface area contributed by atoms with Gasteiger partial charge in [0.1, 0.15) is 0 Å². The number of fused-ring (bicyclic) bond motifs is 3. The number of ether oxygens (including phenoxy) is 2. The van der Waals surface area contributed by atoms with Crippen molar-refractivity contribution in [2.45, 2.75) is 25.2 Å². The van der Waals surface area contributed by atoms with E-state index >= 15 is 0 Å². The first-order valence-corrected chi connectivity index (χ1v) is 11.8. The van der Waals surface area contributed by atoms with Gasteiger partial charge in [0.25, 0.3) is 0 Å². The molecule has 4 rings (SSSR count). The van der Waals surface area contributed by atoms with E-state index in [1.165, 1.54) is 11.8 Å². The van der Waals surface area contributed by atoms with Crippen molar-refractivity contribution in [3.63, 3.8) is 0 Å². The van der Waals surface area contributed by atoms with Crippen LogP contribution in [-0.4, -0.2) is 32.6 Å². The van der Waals surface area contributed by atoms with Gasteiger partial charge in [0, 0.05) is 21.3 Å². The molecular weight excluding hydrogens is 536 g/mol. The number of nitrogens with zero attached hydrogens (tertiary/aromatic N) is 3. The molecule has 2 aromatic carbocycles. The summed E-state index contributed by atoms with van der Waals surface area (Å²) in [6.45, 7) is 4.32. The number of rotatable bonds is 5. The Morgan fingerprint density at radius 2 is 2.03 bits per heavy atom. The average Bonchev–Trinajstić information content (AvgIpc) is 2.88. The van der Waals surface area contributed by atoms with Gasteiger partial charge in [-0.1, -0.05) is 34.6 Å². The zero-order valence-electron chi connectivity index (χ0n) is 16.1. The van der Waals surface area contributed by atoms with Gasteiger partial charge in [0.15, 0.2) is 23.4 Å². The Hall–Kier alpha value is -2.04. The fraction of sp³-hybridized carbons (Fsp3) is 0.250. The van der Waals surface area contributed by atoms with E-state index in [0.717, 1.165) is 27.0 Å². The van der Waals surface area contributed by atoms with E-state index in [0.29, 0.717) is 33.6 Å². The summed E-state index contributed by atoms with van der Waals surface area (Å²) in [5.41, 5.74) is 2.98. The van der Waals surface area contributed by atoms with Crippen LogP contribution in [-0.2, 0) is 0 Å². The summed E-state index contributed by atoms with van der Waals surface area (Å²) in [5, 5.41) is 22.9. The highest BCUT2D eigenvalue weighted by Crippen LogP contribution is 2.43. The average molecular weight is 554 g/mol. The molecule has 0 bridgehead atoms. The van der Waals surface area contributed by atoms with Crippen molar-refractivity contribution in [2.24, 2.45) is 0 Å². The van der Waals surface area contributed by atoms with Crippen LogP contribution in [0.2, 0.25) is 0 Å². The Bertz CT molecular complexity index is 1100. The summed E-state index contributed by atoms with van der Waals surface area (Å²) >= 11 is 8.41. The van der Waals surface area contributed by atoms with Crippen molar-refractivity contribution in [3.8, 4) is 28.6 Å². The monoisotopic (exact) mass is 552 g/mol. The molecule has 0 fully saturated rings. The molecule has 1 aliphatic rings. The van der Waals surface area contributed by atoms with Crippen molar-refractivity contribution in [1.82, 2.24) is 15.2 Å². The molecule has 0 saturated carbocycles. The largest absolute Gasteiger partial charge is 0.503 e. The zero-order chi connectivity index (χ0) is 21.3. The third kappa shape index (κ3) is 4.21. The minimum absolute atomic E-state index is 0.0459. The molecule has 2 heterocycles. The number of halogens is 2. The van der Waals surface area contributed by atoms with Crippen LogP contribution in [0, 0.1) is 0 Å². The lowest BCUT2D eigenvalue weighted by Crippen LogP contribution is -2.17. The summed E-state index contributed by atoms with van der Waals surface area (Å²) < 4.78 is 13.3. The minimum Gasteiger partial charge on any atom is -0.503 e. The molecule has 0 spiro atoms. The summed E-state index contributed by atoms with van der Waals surface area (Å²) in [5.74, 6) is 1.63. The van der Waals surface area contributed by atoms with E-state index in [4.69, 9.17) is 9.47 Å². The van der Waals surface area contributed by atoms with Crippen LogP contribution in [0.25, 0.3) is 11.3 Å². The highest BCUT2D eigenvalue weighted by Gasteiger charge is 2.27. The highest BCUT2D eigenvalue weighted by molar-refractivity contribution is 9.10. The molecule has 0 unspecified atom stereocenters. The second-order valence-corrected chi connectivity index (χ2v) is 9.30. The summed E-state index contributed by atoms with van der Waals surface area (Å²) in [4.78, 5) is 4.59. The highest BCUT2D eigenvalue weighted by atomic mass is 79.9. The standard InChI is InChI=1S/C20H18Br2N4O3S/c1-3-28-15-8-10(7-13(22)17(15)27)18-23-14-6-5-11(21)9-12(14)16-19(29-18)24-20(26-25-16)30-4-2/h5-9,18,23,27H,3-4H2,1-2H3/t18-/m0/s1. The number of benzene rings is 2. The lowest BCUT2D eigenvalue weighted by atomic mass is 10.1. The number of anilines is 1. The lowest BCUT2D eigenvalue weighted by molar-refractivity contribution is 0.224. The molecule has 156 valence electrons. The molecule has 2 N–H and O–H groups in total. The topological polar surface area (TPSA) is 89.4 Å². The zero-order valence-corrected chi connectivity index (χ0v) is 20.1. The van der Waals surface area contributed by atoms with Crippen molar-refractivity contribution in [1.29, 1.82) is 0 Å². The van der Waals surface area contributed by atoms with Crippen LogP contribution in [0.5, 0.6) is 17.4 Å². The SMILES string of the molecule is CCOc1cc([C@H]2Nc3ccc(Br)cc3-c3nnc(SCC)nc3O2)cc(Br)c1O. The van der Waals surface area contributed by atoms with E-state index in [1.807, 2.05) is 32.0 Å². The molecule has 0 radical (unpaired) electrons. The van der Waals surface area contributed by atoms with Gasteiger partial charge in [-0.25, -0.2) is 0 Å². The fourth-order valence-corrected chi connectivity index (χ4v) is 4.35. The van der Waals surface area contributed by atoms with E-state index in [-0.39, 0.29) is 5.75 Å². The van der Waals surface area contributed by atoms with Gasteiger partial charge in [-0.05, 0) is 58.9 Å². The molecular formula is C20H18Br2N4O3S. The third-order valence-electron chi connectivity index (χ3n) is 4.31. The Balaban J connectivity index is 1.84. The summed E-state index contributed by atoms with van der Waals surface area (Å²) in [7, 11) is 0. The normalized spacial score (nSPS) is 14.7. The van der Waals surface area contributed by atoms with Crippen LogP contribution in [0.4, 0.5) is 5.69 Å². The van der Waals surface area contributed by atoms with E-state index in [9.17, 15) is 5.11 Å². The van der Waals surface area contributed by atoms with Crippen molar-refractivity contribution < 1.29 is 14.6 Å². The second-order valence-electron chi connectivity index (χ2n) is 6.30. The van der Waals surface area contributed by atoms with Crippen molar-refractivity contribution >= 4 is 49.3 Å². The fourth-order valence-electron chi connectivity index (χ4n) is 3.02. The maximum Gasteiger partial charge on any atom is 0.247 e. The Labute approximate surface area is 194 Å². The molecule has 30 heavy (non-hydrogen) atoms. The second kappa shape index (κ2) is 8.99. The molecule has 3 aromatic rings. The molecule has 1 atom stereocenters. The molecule has 0 aliphatic carbocycles. The smallest absolute Gasteiger partial charge is 0.247 e. The maximum atomic E-state index is 10.3. The lowest BCUT2D eigenvalue weighted by Gasteiger charge is -2.21. The van der Waals surface area contributed by atoms with E-state index in [2.05, 4.69) is 52.4 Å². The van der Waals surface area contributed by atoms with Gasteiger partial charge in [-0.2, -0.15) is 4.98 Å². The number of phenols is 1. The minimum atomic E-state index is -0.585. The first-order chi connectivity index (χ1) is 14.5. The maximum absolute atomic E-state index is 10.3. The Kier molecular flexibility index (Phi) is 6.35. The van der Waals surface area contributed by atoms with Gasteiger partial charge >= 0.3 is 0 Å². The predicted octanol–water partition coefficient (Wildman–Crippen LogP) is 5.78. The van der Waals surface area contributed by atoms with Crippen LogP contribution in [0.1, 0.15) is 25.6 Å². The first kappa shape index (κ1) is 21.2. The van der Waals surface area contributed by atoms with Gasteiger partial charge in [-0.15, -0.1) is 10.2 Å². The molecule has 1 aromatic heterocycles. The van der Waals surface area contributed by atoms with Crippen LogP contribution in [0.15, 0.2) is 44.4 Å². The van der Waals surface area contributed by atoms with Crippen molar-refractivity contribution in [3.05, 3.63) is 44.8 Å². The number of hydrogen-bond acceptors (Lipinski definition) is 8. The molecule has 7 nitrogen and oxygen atoms in total. The van der Waals surface area contributed by atoms with Crippen LogP contribution in [0.3, 0.4) is 0 Å². The van der Waals surface area contributed by atoms with Gasteiger partial charge in [-0.3, -0.25) is 0 Å². The third-order valence-corrected chi connectivity index (χ3v) is 6.13. The number of aromatic nitrogens is 3. The number of phenolic OH excluding ortho intramolecular Hbond substituents is 1. The Morgan fingerprint density at radius 1 is 1.20 bits per heavy atom. The summed E-state index contributed by atoms with van der Waals surface area (Å²) in [6.07, 6.45) is -0.585. The van der Waals surface area contributed by atoms with E-state index in [1.54, 1.807) is 12.1 Å². The summed E-state index contributed by atoms with van der Waals surface area (Å²) in [6, 6.07) is 9.37. The van der Waals surface area contributed by atoms with Gasteiger partial charge in [0.2, 0.25) is 11.0 Å². The molecule has 0 amide bonds. The van der Waals surface area contributed by atoms with Gasteiger partial charge in [0.05, 0.1) is 11.1 Å². The van der Waals surface area contributed by atoms with Crippen LogP contribution < -0.4 is 14.8 Å². The first-order valence-electron chi connectivity index (χ1n) is 9.26. The predicted molar refractivity (Wildman–Crippen MR) is 123 cm³/mol. The number of hydrogen-bond donors (Lipinski definition) is 2. The van der Waals surface area contributed by atoms with Gasteiger partial charge < -0.3 is 19.9 Å². The number of aromatic hydroxyl groups is 1. The Morgan fingerprint density at radius 3 is 2.80 bits per heavy atom. The molecule has 1 aliphatic heterocycles. The van der Waals surface area contributed by atoms with Crippen LogP contribution >= 0.6 is 43.6 Å². The number of nitrogens with one attached hydrogen (secondary N) is 1.